The molecule has 1 aromatic carbocycles. The molecule has 6 nitrogen and oxygen atoms in total. The van der Waals surface area contributed by atoms with Crippen LogP contribution in [0.3, 0.4) is 0 Å². The van der Waals surface area contributed by atoms with Crippen molar-refractivity contribution in [3.05, 3.63) is 30.3 Å². The fraction of sp³-hybridized carbons (Fsp3) is 0.533. The lowest BCUT2D eigenvalue weighted by molar-refractivity contribution is -0.132. The van der Waals surface area contributed by atoms with E-state index >= 15 is 0 Å². The molecule has 0 saturated carbocycles. The number of hydrogen-bond donors (Lipinski definition) is 1. The van der Waals surface area contributed by atoms with Crippen LogP contribution < -0.4 is 5.32 Å². The van der Waals surface area contributed by atoms with Crippen LogP contribution >= 0.6 is 12.4 Å². The summed E-state index contributed by atoms with van der Waals surface area (Å²) in [5, 5.41) is 3.17. The number of hydrogen-bond acceptors (Lipinski definition) is 4. The van der Waals surface area contributed by atoms with E-state index in [4.69, 9.17) is 0 Å². The van der Waals surface area contributed by atoms with Crippen LogP contribution in [0.2, 0.25) is 0 Å². The Hall–Kier alpha value is -1.15. The first-order valence-corrected chi connectivity index (χ1v) is 8.85. The van der Waals surface area contributed by atoms with Crippen LogP contribution in [0.4, 0.5) is 0 Å². The van der Waals surface area contributed by atoms with Crippen LogP contribution in [-0.2, 0) is 14.8 Å². The molecule has 0 radical (unpaired) electrons. The largest absolute Gasteiger partial charge is 0.340 e. The number of nitrogens with one attached hydrogen (secondary N) is 1. The number of halogens is 1. The first kappa shape index (κ1) is 19.9. The Morgan fingerprint density at radius 2 is 2.00 bits per heavy atom. The summed E-state index contributed by atoms with van der Waals surface area (Å²) in [6, 6.07) is 8.46. The van der Waals surface area contributed by atoms with Crippen LogP contribution in [0.5, 0.6) is 0 Å². The molecule has 1 N–H and O–H groups in total. The van der Waals surface area contributed by atoms with Gasteiger partial charge in [-0.3, -0.25) is 4.79 Å². The molecule has 1 heterocycles. The van der Waals surface area contributed by atoms with Crippen LogP contribution in [0.25, 0.3) is 0 Å². The smallest absolute Gasteiger partial charge is 0.243 e. The van der Waals surface area contributed by atoms with Crippen LogP contribution in [0, 0.1) is 0 Å². The number of amides is 1. The average molecular weight is 362 g/mol. The van der Waals surface area contributed by atoms with E-state index in [0.29, 0.717) is 13.1 Å². The van der Waals surface area contributed by atoms with E-state index in [-0.39, 0.29) is 35.8 Å². The van der Waals surface area contributed by atoms with Crippen molar-refractivity contribution in [1.82, 2.24) is 14.5 Å². The molecule has 0 aromatic heterocycles. The van der Waals surface area contributed by atoms with E-state index in [1.54, 1.807) is 23.1 Å². The molecule has 1 saturated heterocycles. The standard InChI is InChI=1S/C15H23N3O3S.ClH/c1-16-13-7-6-10-18(11-13)15(19)12-17(2)22(20,21)14-8-4-3-5-9-14;/h3-5,8-9,13,16H,6-7,10-12H2,1-2H3;1H. The summed E-state index contributed by atoms with van der Waals surface area (Å²) in [6.45, 7) is 1.19. The van der Waals surface area contributed by atoms with Gasteiger partial charge in [-0.2, -0.15) is 4.31 Å². The van der Waals surface area contributed by atoms with Gasteiger partial charge in [0, 0.05) is 26.2 Å². The molecule has 1 aliphatic heterocycles. The van der Waals surface area contributed by atoms with Crippen molar-refractivity contribution >= 4 is 28.3 Å². The SMILES string of the molecule is CNC1CCCN(C(=O)CN(C)S(=O)(=O)c2ccccc2)C1.Cl. The number of carbonyl (C=O) groups excluding carboxylic acids is 1. The molecular formula is C15H24ClN3O3S. The molecule has 1 aliphatic rings. The quantitative estimate of drug-likeness (QED) is 0.847. The zero-order valence-corrected chi connectivity index (χ0v) is 15.1. The van der Waals surface area contributed by atoms with Gasteiger partial charge in [-0.25, -0.2) is 8.42 Å². The van der Waals surface area contributed by atoms with Crippen molar-refractivity contribution in [2.75, 3.05) is 33.7 Å². The normalized spacial score (nSPS) is 18.6. The van der Waals surface area contributed by atoms with Crippen LogP contribution in [-0.4, -0.2) is 63.3 Å². The highest BCUT2D eigenvalue weighted by Crippen LogP contribution is 2.15. The van der Waals surface area contributed by atoms with Crippen LogP contribution in [0.1, 0.15) is 12.8 Å². The second-order valence-corrected chi connectivity index (χ2v) is 7.59. The number of likely N-dealkylation sites (tertiary alicyclic amines) is 1. The third-order valence-electron chi connectivity index (χ3n) is 3.99. The molecule has 1 fully saturated rings. The van der Waals surface area contributed by atoms with Gasteiger partial charge in [0.05, 0.1) is 11.4 Å². The second-order valence-electron chi connectivity index (χ2n) is 5.54. The maximum absolute atomic E-state index is 12.4. The van der Waals surface area contributed by atoms with Gasteiger partial charge in [-0.1, -0.05) is 18.2 Å². The molecule has 23 heavy (non-hydrogen) atoms. The molecule has 0 aliphatic carbocycles. The van der Waals surface area contributed by atoms with E-state index in [0.717, 1.165) is 17.1 Å². The Labute approximate surface area is 144 Å². The molecule has 0 bridgehead atoms. The van der Waals surface area contributed by atoms with Crippen molar-refractivity contribution < 1.29 is 13.2 Å². The molecule has 1 atom stereocenters. The topological polar surface area (TPSA) is 69.7 Å². The number of carbonyl (C=O) groups is 1. The number of sulfonamides is 1. The van der Waals surface area contributed by atoms with Gasteiger partial charge in [0.2, 0.25) is 15.9 Å². The predicted octanol–water partition coefficient (Wildman–Crippen LogP) is 0.939. The van der Waals surface area contributed by atoms with Crippen molar-refractivity contribution in [2.24, 2.45) is 0 Å². The maximum atomic E-state index is 12.4. The van der Waals surface area contributed by atoms with Crippen molar-refractivity contribution in [3.63, 3.8) is 0 Å². The van der Waals surface area contributed by atoms with E-state index in [1.165, 1.54) is 19.2 Å². The Balaban J connectivity index is 0.00000264. The molecule has 2 rings (SSSR count). The summed E-state index contributed by atoms with van der Waals surface area (Å²) < 4.78 is 25.9. The Kier molecular flexibility index (Phi) is 7.47. The number of rotatable bonds is 5. The summed E-state index contributed by atoms with van der Waals surface area (Å²) in [4.78, 5) is 14.3. The summed E-state index contributed by atoms with van der Waals surface area (Å²) in [7, 11) is -0.298. The van der Waals surface area contributed by atoms with Gasteiger partial charge < -0.3 is 10.2 Å². The van der Waals surface area contributed by atoms with Gasteiger partial charge >= 0.3 is 0 Å². The second kappa shape index (κ2) is 8.63. The zero-order valence-electron chi connectivity index (χ0n) is 13.4. The molecule has 8 heteroatoms. The van der Waals surface area contributed by atoms with Crippen molar-refractivity contribution in [1.29, 1.82) is 0 Å². The van der Waals surface area contributed by atoms with E-state index in [9.17, 15) is 13.2 Å². The van der Waals surface area contributed by atoms with Gasteiger partial charge in [0.25, 0.3) is 0 Å². The predicted molar refractivity (Wildman–Crippen MR) is 92.2 cm³/mol. The first-order valence-electron chi connectivity index (χ1n) is 7.41. The highest BCUT2D eigenvalue weighted by Gasteiger charge is 2.27. The van der Waals surface area contributed by atoms with Crippen molar-refractivity contribution in [2.45, 2.75) is 23.8 Å². The number of likely N-dealkylation sites (N-methyl/N-ethyl adjacent to an activating group) is 2. The fourth-order valence-electron chi connectivity index (χ4n) is 2.59. The summed E-state index contributed by atoms with van der Waals surface area (Å²) in [6.07, 6.45) is 1.98. The van der Waals surface area contributed by atoms with E-state index < -0.39 is 10.0 Å². The molecule has 1 unspecified atom stereocenters. The molecule has 1 amide bonds. The van der Waals surface area contributed by atoms with Gasteiger partial charge in [0.1, 0.15) is 0 Å². The van der Waals surface area contributed by atoms with Gasteiger partial charge in [0.15, 0.2) is 0 Å². The maximum Gasteiger partial charge on any atom is 0.243 e. The number of benzene rings is 1. The highest BCUT2D eigenvalue weighted by atomic mass is 35.5. The zero-order chi connectivity index (χ0) is 16.2. The van der Waals surface area contributed by atoms with Crippen LogP contribution in [0.15, 0.2) is 35.2 Å². The molecule has 1 aromatic rings. The Morgan fingerprint density at radius 1 is 1.35 bits per heavy atom. The fourth-order valence-corrected chi connectivity index (χ4v) is 3.73. The summed E-state index contributed by atoms with van der Waals surface area (Å²) >= 11 is 0. The minimum absolute atomic E-state index is 0. The van der Waals surface area contributed by atoms with Crippen molar-refractivity contribution in [3.8, 4) is 0 Å². The third-order valence-corrected chi connectivity index (χ3v) is 5.81. The third kappa shape index (κ3) is 4.91. The van der Waals surface area contributed by atoms with E-state index in [2.05, 4.69) is 5.32 Å². The highest BCUT2D eigenvalue weighted by molar-refractivity contribution is 7.89. The monoisotopic (exact) mass is 361 g/mol. The number of nitrogens with zero attached hydrogens (tertiary/aromatic N) is 2. The Bertz CT molecular complexity index is 610. The average Bonchev–Trinajstić information content (AvgIpc) is 2.55. The van der Waals surface area contributed by atoms with Gasteiger partial charge in [-0.15, -0.1) is 12.4 Å². The molecular weight excluding hydrogens is 338 g/mol. The molecule has 130 valence electrons. The lowest BCUT2D eigenvalue weighted by Crippen LogP contribution is -2.50. The lowest BCUT2D eigenvalue weighted by atomic mass is 10.1. The minimum Gasteiger partial charge on any atom is -0.340 e. The minimum atomic E-state index is -3.62. The Morgan fingerprint density at radius 3 is 2.61 bits per heavy atom. The summed E-state index contributed by atoms with van der Waals surface area (Å²) in [5.74, 6) is -0.151. The number of piperidine rings is 1. The molecule has 0 spiro atoms. The first-order chi connectivity index (χ1) is 10.4. The van der Waals surface area contributed by atoms with E-state index in [1.807, 2.05) is 7.05 Å². The van der Waals surface area contributed by atoms with Gasteiger partial charge in [-0.05, 0) is 32.0 Å². The summed E-state index contributed by atoms with van der Waals surface area (Å²) in [5.41, 5.74) is 0. The lowest BCUT2D eigenvalue weighted by Gasteiger charge is -2.33.